The van der Waals surface area contributed by atoms with E-state index < -0.39 is 23.5 Å². The number of nitrogens with one attached hydrogen (secondary N) is 2. The van der Waals surface area contributed by atoms with Gasteiger partial charge in [-0.15, -0.1) is 11.3 Å². The third kappa shape index (κ3) is 5.80. The highest BCUT2D eigenvalue weighted by Crippen LogP contribution is 2.30. The minimum atomic E-state index is -4.46. The first-order valence-electron chi connectivity index (χ1n) is 9.50. The summed E-state index contributed by atoms with van der Waals surface area (Å²) in [5.41, 5.74) is -0.264. The topological polar surface area (TPSA) is 52.6 Å². The third-order valence-corrected chi connectivity index (χ3v) is 5.50. The van der Waals surface area contributed by atoms with Crippen molar-refractivity contribution in [1.82, 2.24) is 15.6 Å². The van der Waals surface area contributed by atoms with Gasteiger partial charge in [-0.25, -0.2) is 18.8 Å². The maximum absolute atomic E-state index is 13.5. The van der Waals surface area contributed by atoms with Gasteiger partial charge in [-0.3, -0.25) is 0 Å². The molecule has 1 unspecified atom stereocenters. The van der Waals surface area contributed by atoms with Crippen molar-refractivity contribution in [2.45, 2.75) is 26.1 Å². The van der Waals surface area contributed by atoms with Gasteiger partial charge in [-0.05, 0) is 31.4 Å². The molecular formula is C19H22F5N5S. The van der Waals surface area contributed by atoms with Crippen LogP contribution in [0.25, 0.3) is 0 Å². The molecule has 3 rings (SSSR count). The summed E-state index contributed by atoms with van der Waals surface area (Å²) in [4.78, 5) is 9.88. The molecule has 5 nitrogen and oxygen atoms in total. The standard InChI is InChI=1S/C19H22F5N5S/c1-2-25-18(27-9-17-28-16(11-30-17)19(22,23)24)26-8-12-5-6-29(10-12)13-3-4-14(20)15(21)7-13/h3-4,7,11-12H,2,5-6,8-10H2,1H3,(H2,25,26,27). The Bertz CT molecular complexity index is 882. The summed E-state index contributed by atoms with van der Waals surface area (Å²) in [5.74, 6) is -0.983. The van der Waals surface area contributed by atoms with Gasteiger partial charge in [0, 0.05) is 43.3 Å². The Hall–Kier alpha value is -2.43. The predicted molar refractivity (Wildman–Crippen MR) is 107 cm³/mol. The van der Waals surface area contributed by atoms with Crippen LogP contribution in [0.4, 0.5) is 27.6 Å². The van der Waals surface area contributed by atoms with Crippen LogP contribution in [0.5, 0.6) is 0 Å². The smallest absolute Gasteiger partial charge is 0.371 e. The number of alkyl halides is 3. The maximum atomic E-state index is 13.5. The lowest BCUT2D eigenvalue weighted by molar-refractivity contribution is -0.140. The minimum absolute atomic E-state index is 0.0434. The zero-order valence-electron chi connectivity index (χ0n) is 16.3. The Balaban J connectivity index is 1.53. The van der Waals surface area contributed by atoms with E-state index in [1.165, 1.54) is 6.07 Å². The number of aromatic nitrogens is 1. The first kappa shape index (κ1) is 22.3. The van der Waals surface area contributed by atoms with E-state index in [2.05, 4.69) is 20.6 Å². The largest absolute Gasteiger partial charge is 0.434 e. The SMILES string of the molecule is CCNC(=NCc1nc(C(F)(F)F)cs1)NCC1CCN(c2ccc(F)c(F)c2)C1. The molecule has 1 aromatic carbocycles. The van der Waals surface area contributed by atoms with Gasteiger partial charge in [-0.1, -0.05) is 0 Å². The Morgan fingerprint density at radius 3 is 2.73 bits per heavy atom. The van der Waals surface area contributed by atoms with Crippen LogP contribution < -0.4 is 15.5 Å². The van der Waals surface area contributed by atoms with E-state index in [9.17, 15) is 22.0 Å². The van der Waals surface area contributed by atoms with E-state index >= 15 is 0 Å². The van der Waals surface area contributed by atoms with E-state index in [-0.39, 0.29) is 17.5 Å². The van der Waals surface area contributed by atoms with E-state index in [1.54, 1.807) is 6.07 Å². The fourth-order valence-corrected chi connectivity index (χ4v) is 3.88. The third-order valence-electron chi connectivity index (χ3n) is 4.67. The van der Waals surface area contributed by atoms with E-state index in [0.717, 1.165) is 35.7 Å². The van der Waals surface area contributed by atoms with E-state index in [4.69, 9.17) is 0 Å². The van der Waals surface area contributed by atoms with Crippen molar-refractivity contribution in [3.63, 3.8) is 0 Å². The van der Waals surface area contributed by atoms with Crippen molar-refractivity contribution in [2.75, 3.05) is 31.1 Å². The summed E-state index contributed by atoms with van der Waals surface area (Å²) in [6.45, 7) is 4.54. The molecule has 164 valence electrons. The van der Waals surface area contributed by atoms with Crippen LogP contribution in [0.2, 0.25) is 0 Å². The zero-order valence-corrected chi connectivity index (χ0v) is 17.1. The van der Waals surface area contributed by atoms with Crippen molar-refractivity contribution < 1.29 is 22.0 Å². The number of nitrogens with zero attached hydrogens (tertiary/aromatic N) is 3. The highest BCUT2D eigenvalue weighted by molar-refractivity contribution is 7.09. The lowest BCUT2D eigenvalue weighted by atomic mass is 10.1. The van der Waals surface area contributed by atoms with Gasteiger partial charge in [0.05, 0.1) is 6.54 Å². The number of hydrogen-bond acceptors (Lipinski definition) is 4. The highest BCUT2D eigenvalue weighted by atomic mass is 32.1. The van der Waals surface area contributed by atoms with Crippen LogP contribution >= 0.6 is 11.3 Å². The Kier molecular flexibility index (Phi) is 7.11. The van der Waals surface area contributed by atoms with Crippen LogP contribution in [0.15, 0.2) is 28.6 Å². The number of hydrogen-bond donors (Lipinski definition) is 2. The Morgan fingerprint density at radius 1 is 1.27 bits per heavy atom. The monoisotopic (exact) mass is 447 g/mol. The molecule has 2 aromatic rings. The van der Waals surface area contributed by atoms with Crippen LogP contribution in [-0.2, 0) is 12.7 Å². The van der Waals surface area contributed by atoms with Crippen molar-refractivity contribution in [3.05, 3.63) is 45.9 Å². The second kappa shape index (κ2) is 9.59. The molecule has 0 saturated carbocycles. The van der Waals surface area contributed by atoms with Gasteiger partial charge in [-0.2, -0.15) is 13.2 Å². The molecule has 0 aliphatic carbocycles. The number of aliphatic imine (C=N–C) groups is 1. The van der Waals surface area contributed by atoms with Gasteiger partial charge in [0.15, 0.2) is 23.3 Å². The number of rotatable bonds is 6. The Labute approximate surface area is 175 Å². The molecule has 1 atom stereocenters. The van der Waals surface area contributed by atoms with Gasteiger partial charge < -0.3 is 15.5 Å². The summed E-state index contributed by atoms with van der Waals surface area (Å²) >= 11 is 0.922. The van der Waals surface area contributed by atoms with Crippen molar-refractivity contribution in [3.8, 4) is 0 Å². The molecule has 1 aliphatic heterocycles. The molecule has 1 fully saturated rings. The lowest BCUT2D eigenvalue weighted by Crippen LogP contribution is -2.40. The van der Waals surface area contributed by atoms with Gasteiger partial charge >= 0.3 is 6.18 Å². The minimum Gasteiger partial charge on any atom is -0.371 e. The molecule has 1 aromatic heterocycles. The number of guanidine groups is 1. The van der Waals surface area contributed by atoms with Crippen molar-refractivity contribution in [1.29, 1.82) is 0 Å². The average molecular weight is 447 g/mol. The summed E-state index contributed by atoms with van der Waals surface area (Å²) in [6, 6.07) is 3.87. The fourth-order valence-electron chi connectivity index (χ4n) is 3.16. The first-order chi connectivity index (χ1) is 14.3. The zero-order chi connectivity index (χ0) is 21.7. The molecule has 1 saturated heterocycles. The molecule has 0 bridgehead atoms. The molecule has 30 heavy (non-hydrogen) atoms. The van der Waals surface area contributed by atoms with Crippen LogP contribution in [0.1, 0.15) is 24.0 Å². The highest BCUT2D eigenvalue weighted by Gasteiger charge is 2.33. The molecule has 11 heteroatoms. The molecule has 0 amide bonds. The number of anilines is 1. The second-order valence-corrected chi connectivity index (χ2v) is 7.84. The summed E-state index contributed by atoms with van der Waals surface area (Å²) < 4.78 is 64.5. The summed E-state index contributed by atoms with van der Waals surface area (Å²) in [6.07, 6.45) is -3.59. The normalized spacial score (nSPS) is 17.5. The fraction of sp³-hybridized carbons (Fsp3) is 0.474. The van der Waals surface area contributed by atoms with E-state index in [1.807, 2.05) is 11.8 Å². The number of thiazole rings is 1. The van der Waals surface area contributed by atoms with Gasteiger partial charge in [0.25, 0.3) is 0 Å². The Morgan fingerprint density at radius 2 is 2.07 bits per heavy atom. The molecule has 1 aliphatic rings. The number of halogens is 5. The number of benzene rings is 1. The van der Waals surface area contributed by atoms with Gasteiger partial charge in [0.1, 0.15) is 5.01 Å². The van der Waals surface area contributed by atoms with E-state index in [0.29, 0.717) is 31.3 Å². The predicted octanol–water partition coefficient (Wildman–Crippen LogP) is 4.02. The first-order valence-corrected chi connectivity index (χ1v) is 10.4. The van der Waals surface area contributed by atoms with Crippen LogP contribution in [-0.4, -0.2) is 37.1 Å². The molecule has 2 heterocycles. The second-order valence-electron chi connectivity index (χ2n) is 6.90. The summed E-state index contributed by atoms with van der Waals surface area (Å²) in [7, 11) is 0. The molecular weight excluding hydrogens is 425 g/mol. The molecule has 2 N–H and O–H groups in total. The van der Waals surface area contributed by atoms with Crippen LogP contribution in [0, 0.1) is 17.6 Å². The van der Waals surface area contributed by atoms with Gasteiger partial charge in [0.2, 0.25) is 0 Å². The van der Waals surface area contributed by atoms with Crippen LogP contribution in [0.3, 0.4) is 0 Å². The van der Waals surface area contributed by atoms with Crippen molar-refractivity contribution in [2.24, 2.45) is 10.9 Å². The quantitative estimate of drug-likeness (QED) is 0.399. The van der Waals surface area contributed by atoms with Crippen molar-refractivity contribution >= 4 is 23.0 Å². The molecule has 0 radical (unpaired) electrons. The maximum Gasteiger partial charge on any atom is 0.434 e. The summed E-state index contributed by atoms with van der Waals surface area (Å²) in [5, 5.41) is 7.52. The average Bonchev–Trinajstić information content (AvgIpc) is 3.35. The lowest BCUT2D eigenvalue weighted by Gasteiger charge is -2.19. The molecule has 0 spiro atoms.